The molecule has 5 aromatic rings. The Morgan fingerprint density at radius 1 is 0.949 bits per heavy atom. The minimum absolute atomic E-state index is 0.115. The van der Waals surface area contributed by atoms with Crippen LogP contribution in [0.25, 0.3) is 33.1 Å². The number of benzene rings is 3. The van der Waals surface area contributed by atoms with Crippen LogP contribution in [0.2, 0.25) is 0 Å². The molecule has 3 aromatic carbocycles. The highest BCUT2D eigenvalue weighted by Gasteiger charge is 2.24. The summed E-state index contributed by atoms with van der Waals surface area (Å²) in [7, 11) is 3.25. The second kappa shape index (κ2) is 10.8. The summed E-state index contributed by atoms with van der Waals surface area (Å²) in [6.07, 6.45) is 1.82. The molecule has 2 aromatic heterocycles. The Hall–Kier alpha value is -4.36. The third-order valence-electron chi connectivity index (χ3n) is 7.56. The number of hydrogen-bond donors (Lipinski definition) is 2. The van der Waals surface area contributed by atoms with Crippen LogP contribution in [0.4, 0.5) is 0 Å². The van der Waals surface area contributed by atoms with Gasteiger partial charge in [-0.3, -0.25) is 9.69 Å². The summed E-state index contributed by atoms with van der Waals surface area (Å²) in [5, 5.41) is 5.26. The molecule has 0 atom stereocenters. The smallest absolute Gasteiger partial charge is 0.270 e. The molecular formula is C32H32N4O3. The Kier molecular flexibility index (Phi) is 6.90. The van der Waals surface area contributed by atoms with E-state index in [-0.39, 0.29) is 11.9 Å². The van der Waals surface area contributed by atoms with Crippen molar-refractivity contribution in [1.82, 2.24) is 20.2 Å². The number of para-hydroxylation sites is 1. The van der Waals surface area contributed by atoms with Gasteiger partial charge in [-0.25, -0.2) is 4.98 Å². The molecule has 1 fully saturated rings. The zero-order valence-electron chi connectivity index (χ0n) is 22.2. The van der Waals surface area contributed by atoms with Crippen LogP contribution in [-0.2, 0) is 6.54 Å². The molecule has 1 aliphatic heterocycles. The molecule has 7 nitrogen and oxygen atoms in total. The second-order valence-corrected chi connectivity index (χ2v) is 10.0. The van der Waals surface area contributed by atoms with Gasteiger partial charge in [0.2, 0.25) is 0 Å². The summed E-state index contributed by atoms with van der Waals surface area (Å²) in [6.45, 7) is 2.83. The molecule has 6 rings (SSSR count). The number of likely N-dealkylation sites (tertiary alicyclic amines) is 1. The van der Waals surface area contributed by atoms with Crippen molar-refractivity contribution in [3.05, 3.63) is 90.1 Å². The van der Waals surface area contributed by atoms with Crippen molar-refractivity contribution >= 4 is 27.7 Å². The predicted molar refractivity (Wildman–Crippen MR) is 154 cm³/mol. The molecule has 3 heterocycles. The van der Waals surface area contributed by atoms with Crippen molar-refractivity contribution in [1.29, 1.82) is 0 Å². The lowest BCUT2D eigenvalue weighted by Crippen LogP contribution is -2.44. The molecule has 0 radical (unpaired) electrons. The fraction of sp³-hybridized carbons (Fsp3) is 0.250. The molecule has 1 amide bonds. The van der Waals surface area contributed by atoms with Crippen molar-refractivity contribution < 1.29 is 14.3 Å². The maximum atomic E-state index is 13.6. The third kappa shape index (κ3) is 5.05. The zero-order chi connectivity index (χ0) is 26.8. The molecular weight excluding hydrogens is 488 g/mol. The van der Waals surface area contributed by atoms with Gasteiger partial charge < -0.3 is 19.8 Å². The number of aromatic amines is 1. The van der Waals surface area contributed by atoms with E-state index in [2.05, 4.69) is 45.5 Å². The number of nitrogens with zero attached hydrogens (tertiary/aromatic N) is 2. The highest BCUT2D eigenvalue weighted by Crippen LogP contribution is 2.38. The largest absolute Gasteiger partial charge is 0.497 e. The van der Waals surface area contributed by atoms with E-state index in [4.69, 9.17) is 14.5 Å². The minimum atomic E-state index is -0.155. The summed E-state index contributed by atoms with van der Waals surface area (Å²) in [6, 6.07) is 26.3. The lowest BCUT2D eigenvalue weighted by Gasteiger charge is -2.32. The highest BCUT2D eigenvalue weighted by molar-refractivity contribution is 6.13. The van der Waals surface area contributed by atoms with E-state index in [1.165, 1.54) is 5.56 Å². The molecule has 1 aliphatic rings. The van der Waals surface area contributed by atoms with E-state index in [1.807, 2.05) is 48.5 Å². The normalized spacial score (nSPS) is 14.5. The first-order valence-electron chi connectivity index (χ1n) is 13.3. The van der Waals surface area contributed by atoms with Crippen LogP contribution in [0.5, 0.6) is 11.5 Å². The van der Waals surface area contributed by atoms with E-state index < -0.39 is 0 Å². The number of pyridine rings is 1. The summed E-state index contributed by atoms with van der Waals surface area (Å²) in [5.41, 5.74) is 5.03. The lowest BCUT2D eigenvalue weighted by atomic mass is 10.0. The van der Waals surface area contributed by atoms with Crippen molar-refractivity contribution in [3.63, 3.8) is 0 Å². The van der Waals surface area contributed by atoms with Gasteiger partial charge in [0.05, 0.1) is 25.4 Å². The number of nitrogens with one attached hydrogen (secondary N) is 2. The van der Waals surface area contributed by atoms with Gasteiger partial charge in [0.1, 0.15) is 17.2 Å². The number of H-pyrrole nitrogens is 1. The molecule has 198 valence electrons. The number of fused-ring (bicyclic) bond motifs is 3. The molecule has 0 saturated carbocycles. The number of ether oxygens (including phenoxy) is 2. The van der Waals surface area contributed by atoms with Crippen LogP contribution >= 0.6 is 0 Å². The number of carbonyl (C=O) groups is 1. The summed E-state index contributed by atoms with van der Waals surface area (Å²) in [5.74, 6) is 1.17. The van der Waals surface area contributed by atoms with Crippen LogP contribution in [-0.4, -0.2) is 54.1 Å². The van der Waals surface area contributed by atoms with Gasteiger partial charge in [-0.05, 0) is 42.7 Å². The molecule has 1 saturated heterocycles. The standard InChI is InChI=1S/C32H32N4O3/c1-38-23-12-13-25(29(18-23)39-2)30-31-26(24-10-6-7-11-27(24)34-31)19-28(35-30)32(37)33-22-14-16-36(17-15-22)20-21-8-4-3-5-9-21/h3-13,18-19,22,34H,14-17,20H2,1-2H3,(H,33,37). The van der Waals surface area contributed by atoms with Gasteiger partial charge in [0.15, 0.2) is 0 Å². The molecule has 0 aliphatic carbocycles. The molecule has 2 N–H and O–H groups in total. The van der Waals surface area contributed by atoms with Crippen molar-refractivity contribution in [2.45, 2.75) is 25.4 Å². The average Bonchev–Trinajstić information content (AvgIpc) is 3.36. The Balaban J connectivity index is 1.29. The van der Waals surface area contributed by atoms with Crippen molar-refractivity contribution in [2.24, 2.45) is 0 Å². The number of rotatable bonds is 7. The van der Waals surface area contributed by atoms with Gasteiger partial charge in [-0.2, -0.15) is 0 Å². The van der Waals surface area contributed by atoms with Crippen molar-refractivity contribution in [2.75, 3.05) is 27.3 Å². The van der Waals surface area contributed by atoms with Crippen LogP contribution in [0.3, 0.4) is 0 Å². The first-order chi connectivity index (χ1) is 19.1. The number of methoxy groups -OCH3 is 2. The topological polar surface area (TPSA) is 79.5 Å². The number of aromatic nitrogens is 2. The SMILES string of the molecule is COc1ccc(-c2nc(C(=O)NC3CCN(Cc4ccccc4)CC3)cc3c2[nH]c2ccccc23)c(OC)c1. The van der Waals surface area contributed by atoms with Crippen LogP contribution < -0.4 is 14.8 Å². The number of carbonyl (C=O) groups excluding carboxylic acids is 1. The number of piperidine rings is 1. The quantitative estimate of drug-likeness (QED) is 0.284. The summed E-state index contributed by atoms with van der Waals surface area (Å²) < 4.78 is 11.1. The molecule has 39 heavy (non-hydrogen) atoms. The highest BCUT2D eigenvalue weighted by atomic mass is 16.5. The average molecular weight is 521 g/mol. The first-order valence-corrected chi connectivity index (χ1v) is 13.3. The van der Waals surface area contributed by atoms with Gasteiger partial charge in [-0.15, -0.1) is 0 Å². The van der Waals surface area contributed by atoms with E-state index in [0.717, 1.165) is 59.8 Å². The Morgan fingerprint density at radius 3 is 2.49 bits per heavy atom. The van der Waals surface area contributed by atoms with Gasteiger partial charge in [0, 0.05) is 53.6 Å². The third-order valence-corrected chi connectivity index (χ3v) is 7.56. The van der Waals surface area contributed by atoms with E-state index in [9.17, 15) is 4.79 Å². The van der Waals surface area contributed by atoms with Crippen LogP contribution in [0.1, 0.15) is 28.9 Å². The molecule has 0 spiro atoms. The van der Waals surface area contributed by atoms with E-state index >= 15 is 0 Å². The van der Waals surface area contributed by atoms with Gasteiger partial charge >= 0.3 is 0 Å². The Morgan fingerprint density at radius 2 is 1.72 bits per heavy atom. The summed E-state index contributed by atoms with van der Waals surface area (Å²) in [4.78, 5) is 24.4. The monoisotopic (exact) mass is 520 g/mol. The predicted octanol–water partition coefficient (Wildman–Crippen LogP) is 5.79. The first kappa shape index (κ1) is 24.9. The Labute approximate surface area is 227 Å². The number of amides is 1. The number of hydrogen-bond acceptors (Lipinski definition) is 5. The van der Waals surface area contributed by atoms with Crippen LogP contribution in [0.15, 0.2) is 78.9 Å². The maximum Gasteiger partial charge on any atom is 0.270 e. The minimum Gasteiger partial charge on any atom is -0.497 e. The van der Waals surface area contributed by atoms with Crippen molar-refractivity contribution in [3.8, 4) is 22.8 Å². The fourth-order valence-electron chi connectivity index (χ4n) is 5.49. The molecule has 7 heteroatoms. The fourth-order valence-corrected chi connectivity index (χ4v) is 5.49. The molecule has 0 bridgehead atoms. The van der Waals surface area contributed by atoms with Gasteiger partial charge in [-0.1, -0.05) is 48.5 Å². The van der Waals surface area contributed by atoms with Crippen LogP contribution in [0, 0.1) is 0 Å². The second-order valence-electron chi connectivity index (χ2n) is 10.0. The maximum absolute atomic E-state index is 13.6. The van der Waals surface area contributed by atoms with E-state index in [1.54, 1.807) is 14.2 Å². The Bertz CT molecular complexity index is 1620. The molecule has 0 unspecified atom stereocenters. The summed E-state index contributed by atoms with van der Waals surface area (Å²) >= 11 is 0. The van der Waals surface area contributed by atoms with E-state index in [0.29, 0.717) is 22.9 Å². The van der Waals surface area contributed by atoms with Gasteiger partial charge in [0.25, 0.3) is 5.91 Å². The zero-order valence-corrected chi connectivity index (χ0v) is 22.2. The lowest BCUT2D eigenvalue weighted by molar-refractivity contribution is 0.0904.